The molecule has 216 valence electrons. The fourth-order valence-corrected chi connectivity index (χ4v) is 6.68. The second-order valence-corrected chi connectivity index (χ2v) is 11.9. The van der Waals surface area contributed by atoms with Gasteiger partial charge in [-0.3, -0.25) is 19.2 Å². The fraction of sp³-hybridized carbons (Fsp3) is 0.613. The molecule has 4 aliphatic rings. The smallest absolute Gasteiger partial charge is 0.318 e. The van der Waals surface area contributed by atoms with E-state index in [1.54, 1.807) is 16.7 Å². The molecule has 5 rings (SSSR count). The molecule has 1 saturated carbocycles. The summed E-state index contributed by atoms with van der Waals surface area (Å²) in [6.07, 6.45) is 8.55. The lowest BCUT2D eigenvalue weighted by atomic mass is 9.69. The van der Waals surface area contributed by atoms with Crippen molar-refractivity contribution in [2.24, 2.45) is 17.3 Å². The molecule has 2 atom stereocenters. The molecule has 0 aromatic heterocycles. The van der Waals surface area contributed by atoms with E-state index in [2.05, 4.69) is 0 Å². The minimum absolute atomic E-state index is 0.0387. The first-order chi connectivity index (χ1) is 19.3. The summed E-state index contributed by atoms with van der Waals surface area (Å²) in [5, 5.41) is 0.654. The summed E-state index contributed by atoms with van der Waals surface area (Å²) in [6, 6.07) is 7.56. The van der Waals surface area contributed by atoms with Gasteiger partial charge in [0.2, 0.25) is 17.7 Å². The van der Waals surface area contributed by atoms with E-state index >= 15 is 0 Å². The van der Waals surface area contributed by atoms with Gasteiger partial charge < -0.3 is 19.4 Å². The predicted molar refractivity (Wildman–Crippen MR) is 151 cm³/mol. The van der Waals surface area contributed by atoms with Crippen LogP contribution in [0.1, 0.15) is 63.9 Å². The topological polar surface area (TPSA) is 87.2 Å². The third kappa shape index (κ3) is 5.78. The van der Waals surface area contributed by atoms with Crippen LogP contribution in [-0.2, 0) is 30.3 Å². The number of hydrogen-bond acceptors (Lipinski definition) is 5. The highest BCUT2D eigenvalue weighted by atomic mass is 35.5. The number of piperazine rings is 1. The third-order valence-corrected chi connectivity index (χ3v) is 9.20. The molecular weight excluding hydrogens is 530 g/mol. The number of carbonyl (C=O) groups is 4. The summed E-state index contributed by atoms with van der Waals surface area (Å²) in [7, 11) is 0. The number of amides is 3. The summed E-state index contributed by atoms with van der Waals surface area (Å²) in [4.78, 5) is 59.5. The molecule has 2 saturated heterocycles. The Balaban J connectivity index is 1.38. The lowest BCUT2D eigenvalue weighted by Crippen LogP contribution is -2.52. The SMILES string of the molecule is CCOC(=O)[C@]12CCCCC/C=C\1N(CCc1ccc(Cl)cc1)C(=O)[C@H]2CC(=O)N1CCN(C(=O)C2CC2)CC1. The molecule has 3 amide bonds. The Kier molecular flexibility index (Phi) is 8.83. The molecule has 8 nitrogen and oxygen atoms in total. The highest BCUT2D eigenvalue weighted by Crippen LogP contribution is 2.53. The van der Waals surface area contributed by atoms with Crippen molar-refractivity contribution in [3.8, 4) is 0 Å². The molecule has 0 N–H and O–H groups in total. The quantitative estimate of drug-likeness (QED) is 0.438. The summed E-state index contributed by atoms with van der Waals surface area (Å²) in [5.74, 6) is -1.17. The van der Waals surface area contributed by atoms with Crippen molar-refractivity contribution in [1.29, 1.82) is 0 Å². The third-order valence-electron chi connectivity index (χ3n) is 8.95. The van der Waals surface area contributed by atoms with E-state index in [1.165, 1.54) is 0 Å². The summed E-state index contributed by atoms with van der Waals surface area (Å²) < 4.78 is 5.64. The monoisotopic (exact) mass is 569 g/mol. The maximum absolute atomic E-state index is 14.2. The predicted octanol–water partition coefficient (Wildman–Crippen LogP) is 4.21. The van der Waals surface area contributed by atoms with E-state index in [0.717, 1.165) is 44.1 Å². The lowest BCUT2D eigenvalue weighted by Gasteiger charge is -2.37. The Bertz CT molecular complexity index is 1160. The number of hydrogen-bond donors (Lipinski definition) is 0. The van der Waals surface area contributed by atoms with Crippen LogP contribution in [0.3, 0.4) is 0 Å². The van der Waals surface area contributed by atoms with Gasteiger partial charge in [-0.2, -0.15) is 0 Å². The van der Waals surface area contributed by atoms with Crippen molar-refractivity contribution in [2.75, 3.05) is 39.3 Å². The fourth-order valence-electron chi connectivity index (χ4n) is 6.56. The number of carbonyl (C=O) groups excluding carboxylic acids is 4. The standard InChI is InChI=1S/C31H40ClN3O5/c1-2-40-30(39)31-15-6-4-3-5-7-26(31)35(16-14-22-8-12-24(32)13-9-22)29(38)25(31)21-27(36)33-17-19-34(20-18-33)28(37)23-10-11-23/h7-9,12-13,23,25H,2-6,10-11,14-21H2,1H3/b26-7+/t25-,31+/m1/s1. The van der Waals surface area contributed by atoms with E-state index < -0.39 is 17.3 Å². The largest absolute Gasteiger partial charge is 0.465 e. The Morgan fingerprint density at radius 1 is 1.00 bits per heavy atom. The second kappa shape index (κ2) is 12.3. The zero-order chi connectivity index (χ0) is 28.3. The van der Waals surface area contributed by atoms with Gasteiger partial charge in [0.15, 0.2) is 0 Å². The van der Waals surface area contributed by atoms with Gasteiger partial charge in [-0.05, 0) is 63.1 Å². The lowest BCUT2D eigenvalue weighted by molar-refractivity contribution is -0.158. The van der Waals surface area contributed by atoms with Crippen molar-refractivity contribution >= 4 is 35.3 Å². The number of nitrogens with zero attached hydrogens (tertiary/aromatic N) is 3. The molecule has 3 fully saturated rings. The first-order valence-electron chi connectivity index (χ1n) is 14.9. The van der Waals surface area contributed by atoms with E-state index in [-0.39, 0.29) is 36.7 Å². The van der Waals surface area contributed by atoms with Crippen molar-refractivity contribution in [2.45, 2.75) is 64.7 Å². The minimum atomic E-state index is -1.16. The number of fused-ring (bicyclic) bond motifs is 1. The van der Waals surface area contributed by atoms with Gasteiger partial charge in [-0.15, -0.1) is 0 Å². The summed E-state index contributed by atoms with van der Waals surface area (Å²) in [5.41, 5.74) is 0.596. The van der Waals surface area contributed by atoms with E-state index in [1.807, 2.05) is 35.2 Å². The number of rotatable bonds is 8. The number of ether oxygens (including phenoxy) is 1. The molecular formula is C31H40ClN3O5. The van der Waals surface area contributed by atoms with E-state index in [4.69, 9.17) is 16.3 Å². The number of likely N-dealkylation sites (tertiary alicyclic amines) is 1. The van der Waals surface area contributed by atoms with Crippen LogP contribution in [0.15, 0.2) is 36.0 Å². The highest BCUT2D eigenvalue weighted by molar-refractivity contribution is 6.30. The average molecular weight is 570 g/mol. The molecule has 9 heteroatoms. The Hall–Kier alpha value is -2.87. The average Bonchev–Trinajstić information content (AvgIpc) is 3.77. The van der Waals surface area contributed by atoms with Crippen LogP contribution < -0.4 is 0 Å². The van der Waals surface area contributed by atoms with Crippen LogP contribution in [0.2, 0.25) is 5.02 Å². The van der Waals surface area contributed by atoms with Gasteiger partial charge in [0.25, 0.3) is 0 Å². The molecule has 0 radical (unpaired) electrons. The Labute approximate surface area is 241 Å². The Morgan fingerprint density at radius 3 is 2.38 bits per heavy atom. The molecule has 2 aliphatic heterocycles. The molecule has 2 aliphatic carbocycles. The van der Waals surface area contributed by atoms with E-state index in [0.29, 0.717) is 56.3 Å². The van der Waals surface area contributed by atoms with Gasteiger partial charge in [0.05, 0.1) is 12.5 Å². The van der Waals surface area contributed by atoms with Gasteiger partial charge in [-0.25, -0.2) is 0 Å². The molecule has 0 unspecified atom stereocenters. The maximum Gasteiger partial charge on any atom is 0.318 e. The molecule has 2 heterocycles. The zero-order valence-electron chi connectivity index (χ0n) is 23.4. The van der Waals surface area contributed by atoms with Crippen LogP contribution in [0.25, 0.3) is 0 Å². The first kappa shape index (κ1) is 28.7. The first-order valence-corrected chi connectivity index (χ1v) is 15.2. The van der Waals surface area contributed by atoms with Crippen molar-refractivity contribution in [3.05, 3.63) is 46.6 Å². The van der Waals surface area contributed by atoms with Crippen LogP contribution in [-0.4, -0.2) is 77.7 Å². The zero-order valence-corrected chi connectivity index (χ0v) is 24.2. The normalized spacial score (nSPS) is 26.4. The van der Waals surface area contributed by atoms with Gasteiger partial charge in [0, 0.05) is 55.8 Å². The van der Waals surface area contributed by atoms with Gasteiger partial charge in [0.1, 0.15) is 5.41 Å². The molecule has 0 spiro atoms. The number of allylic oxidation sites excluding steroid dienone is 1. The molecule has 1 aromatic rings. The van der Waals surface area contributed by atoms with Crippen molar-refractivity contribution in [1.82, 2.24) is 14.7 Å². The maximum atomic E-state index is 14.2. The number of benzene rings is 1. The highest BCUT2D eigenvalue weighted by Gasteiger charge is 2.61. The van der Waals surface area contributed by atoms with Gasteiger partial charge in [-0.1, -0.05) is 42.7 Å². The van der Waals surface area contributed by atoms with Crippen LogP contribution in [0, 0.1) is 17.3 Å². The summed E-state index contributed by atoms with van der Waals surface area (Å²) >= 11 is 6.06. The van der Waals surface area contributed by atoms with Gasteiger partial charge >= 0.3 is 5.97 Å². The molecule has 1 aromatic carbocycles. The molecule has 0 bridgehead atoms. The van der Waals surface area contributed by atoms with Crippen LogP contribution in [0.5, 0.6) is 0 Å². The molecule has 40 heavy (non-hydrogen) atoms. The van der Waals surface area contributed by atoms with Crippen LogP contribution in [0.4, 0.5) is 0 Å². The Morgan fingerprint density at radius 2 is 1.70 bits per heavy atom. The number of esters is 1. The minimum Gasteiger partial charge on any atom is -0.465 e. The summed E-state index contributed by atoms with van der Waals surface area (Å²) in [6.45, 7) is 4.34. The van der Waals surface area contributed by atoms with Crippen LogP contribution >= 0.6 is 11.6 Å². The van der Waals surface area contributed by atoms with Crippen molar-refractivity contribution in [3.63, 3.8) is 0 Å². The van der Waals surface area contributed by atoms with Crippen molar-refractivity contribution < 1.29 is 23.9 Å². The number of halogens is 1. The second-order valence-electron chi connectivity index (χ2n) is 11.5. The van der Waals surface area contributed by atoms with E-state index in [9.17, 15) is 19.2 Å².